The molecular formula is C30H33ClF3N3O5S. The fraction of sp³-hybridized carbons (Fsp3) is 0.333. The van der Waals surface area contributed by atoms with Gasteiger partial charge in [0.15, 0.2) is 0 Å². The van der Waals surface area contributed by atoms with Crippen LogP contribution in [-0.4, -0.2) is 51.4 Å². The van der Waals surface area contributed by atoms with E-state index in [0.717, 1.165) is 12.1 Å². The maximum absolute atomic E-state index is 14.1. The topological polar surface area (TPSA) is 96.0 Å². The number of ether oxygens (including phenoxy) is 1. The first-order valence-electron chi connectivity index (χ1n) is 13.5. The highest BCUT2D eigenvalue weighted by Crippen LogP contribution is 2.37. The largest absolute Gasteiger partial charge is 0.497 e. The van der Waals surface area contributed by atoms with Crippen LogP contribution in [0.25, 0.3) is 0 Å². The highest BCUT2D eigenvalue weighted by atomic mass is 35.5. The predicted octanol–water partition coefficient (Wildman–Crippen LogP) is 5.90. The molecule has 0 fully saturated rings. The van der Waals surface area contributed by atoms with E-state index in [2.05, 4.69) is 5.32 Å². The van der Waals surface area contributed by atoms with E-state index in [4.69, 9.17) is 16.3 Å². The van der Waals surface area contributed by atoms with Crippen molar-refractivity contribution in [2.45, 2.75) is 50.3 Å². The fourth-order valence-corrected chi connectivity index (χ4v) is 6.08. The summed E-state index contributed by atoms with van der Waals surface area (Å²) in [5.74, 6) is -0.776. The molecule has 0 saturated carbocycles. The van der Waals surface area contributed by atoms with Gasteiger partial charge in [-0.25, -0.2) is 8.42 Å². The molecule has 8 nitrogen and oxygen atoms in total. The average molecular weight is 640 g/mol. The van der Waals surface area contributed by atoms with Crippen LogP contribution in [0.2, 0.25) is 5.02 Å². The molecule has 0 spiro atoms. The minimum Gasteiger partial charge on any atom is -0.497 e. The Morgan fingerprint density at radius 2 is 1.70 bits per heavy atom. The maximum Gasteiger partial charge on any atom is 0.416 e. The van der Waals surface area contributed by atoms with Crippen molar-refractivity contribution >= 4 is 39.1 Å². The Morgan fingerprint density at radius 1 is 1.00 bits per heavy atom. The molecule has 232 valence electrons. The van der Waals surface area contributed by atoms with Crippen molar-refractivity contribution in [1.82, 2.24) is 10.2 Å². The molecule has 0 bridgehead atoms. The second-order valence-corrected chi connectivity index (χ2v) is 11.8. The third-order valence-electron chi connectivity index (χ3n) is 6.57. The SMILES string of the molecule is CCCNC(=O)[C@H](CC)N(Cc1cccc(OC)c1)C(=O)CN(c1cc(C(F)(F)F)ccc1Cl)S(=O)(=O)c1ccccc1. The van der Waals surface area contributed by atoms with E-state index in [1.807, 2.05) is 6.92 Å². The number of anilines is 1. The molecule has 0 aliphatic heterocycles. The number of rotatable bonds is 13. The zero-order valence-electron chi connectivity index (χ0n) is 23.9. The monoisotopic (exact) mass is 639 g/mol. The van der Waals surface area contributed by atoms with Gasteiger partial charge in [0.1, 0.15) is 18.3 Å². The molecule has 13 heteroatoms. The predicted molar refractivity (Wildman–Crippen MR) is 158 cm³/mol. The first kappa shape index (κ1) is 33.7. The number of methoxy groups -OCH3 is 1. The minimum absolute atomic E-state index is 0.108. The number of carbonyl (C=O) groups is 2. The molecule has 0 radical (unpaired) electrons. The van der Waals surface area contributed by atoms with Gasteiger partial charge >= 0.3 is 6.18 Å². The van der Waals surface area contributed by atoms with Gasteiger partial charge in [0, 0.05) is 13.1 Å². The number of nitrogens with one attached hydrogen (secondary N) is 1. The number of hydrogen-bond donors (Lipinski definition) is 1. The summed E-state index contributed by atoms with van der Waals surface area (Å²) in [6.07, 6.45) is -3.99. The number of amides is 2. The van der Waals surface area contributed by atoms with Crippen molar-refractivity contribution in [1.29, 1.82) is 0 Å². The Labute approximate surface area is 254 Å². The molecule has 0 unspecified atom stereocenters. The lowest BCUT2D eigenvalue weighted by molar-refractivity contribution is -0.140. The number of nitrogens with zero attached hydrogens (tertiary/aromatic N) is 2. The van der Waals surface area contributed by atoms with E-state index in [9.17, 15) is 31.2 Å². The normalized spacial score (nSPS) is 12.3. The number of sulfonamides is 1. The Morgan fingerprint density at radius 3 is 2.30 bits per heavy atom. The molecule has 0 saturated heterocycles. The number of halogens is 4. The standard InChI is InChI=1S/C30H33ClF3N3O5S/c1-4-16-35-29(39)26(5-2)36(19-21-10-9-11-23(17-21)42-3)28(38)20-37(43(40,41)24-12-7-6-8-13-24)27-18-22(30(32,33)34)14-15-25(27)31/h6-15,17-18,26H,4-5,16,19-20H2,1-3H3,(H,35,39)/t26-/m0/s1. The first-order valence-corrected chi connectivity index (χ1v) is 15.3. The van der Waals surface area contributed by atoms with E-state index in [1.54, 1.807) is 37.3 Å². The maximum atomic E-state index is 14.1. The van der Waals surface area contributed by atoms with Gasteiger partial charge in [-0.05, 0) is 60.9 Å². The van der Waals surface area contributed by atoms with E-state index >= 15 is 0 Å². The number of alkyl halides is 3. The van der Waals surface area contributed by atoms with E-state index in [-0.39, 0.29) is 22.9 Å². The van der Waals surface area contributed by atoms with Crippen molar-refractivity contribution < 1.29 is 35.9 Å². The van der Waals surface area contributed by atoms with Gasteiger partial charge in [-0.3, -0.25) is 13.9 Å². The van der Waals surface area contributed by atoms with Crippen molar-refractivity contribution in [3.8, 4) is 5.75 Å². The lowest BCUT2D eigenvalue weighted by atomic mass is 10.1. The molecule has 0 heterocycles. The molecular weight excluding hydrogens is 607 g/mol. The third kappa shape index (κ3) is 8.41. The van der Waals surface area contributed by atoms with Crippen LogP contribution in [0.1, 0.15) is 37.8 Å². The molecule has 3 rings (SSSR count). The Hall–Kier alpha value is -3.77. The van der Waals surface area contributed by atoms with Crippen LogP contribution in [0.4, 0.5) is 18.9 Å². The number of benzene rings is 3. The summed E-state index contributed by atoms with van der Waals surface area (Å²) < 4.78 is 74.6. The molecule has 1 atom stereocenters. The molecule has 0 aromatic heterocycles. The van der Waals surface area contributed by atoms with Gasteiger partial charge in [0.25, 0.3) is 10.0 Å². The molecule has 3 aromatic carbocycles. The van der Waals surface area contributed by atoms with Crippen LogP contribution in [-0.2, 0) is 32.3 Å². The Balaban J connectivity index is 2.15. The summed E-state index contributed by atoms with van der Waals surface area (Å²) in [5.41, 5.74) is -1.09. The highest BCUT2D eigenvalue weighted by Gasteiger charge is 2.37. The fourth-order valence-electron chi connectivity index (χ4n) is 4.37. The molecule has 0 aliphatic carbocycles. The Kier molecular flexibility index (Phi) is 11.5. The quantitative estimate of drug-likeness (QED) is 0.251. The van der Waals surface area contributed by atoms with Crippen molar-refractivity contribution in [3.63, 3.8) is 0 Å². The third-order valence-corrected chi connectivity index (χ3v) is 8.67. The van der Waals surface area contributed by atoms with E-state index in [0.29, 0.717) is 34.7 Å². The zero-order chi connectivity index (χ0) is 31.8. The summed E-state index contributed by atoms with van der Waals surface area (Å²) in [6, 6.07) is 15.0. The first-order chi connectivity index (χ1) is 20.3. The summed E-state index contributed by atoms with van der Waals surface area (Å²) in [4.78, 5) is 28.2. The second kappa shape index (κ2) is 14.6. The van der Waals surface area contributed by atoms with Crippen LogP contribution in [0.15, 0.2) is 77.7 Å². The van der Waals surface area contributed by atoms with Gasteiger partial charge in [0.05, 0.1) is 28.3 Å². The van der Waals surface area contributed by atoms with Gasteiger partial charge in [-0.2, -0.15) is 13.2 Å². The van der Waals surface area contributed by atoms with E-state index < -0.39 is 51.9 Å². The van der Waals surface area contributed by atoms with Gasteiger partial charge in [-0.1, -0.05) is 55.8 Å². The lowest BCUT2D eigenvalue weighted by Gasteiger charge is -2.33. The molecule has 0 aliphatic rings. The molecule has 2 amide bonds. The van der Waals surface area contributed by atoms with Crippen molar-refractivity contribution in [3.05, 3.63) is 88.9 Å². The summed E-state index contributed by atoms with van der Waals surface area (Å²) in [6.45, 7) is 2.88. The van der Waals surface area contributed by atoms with Crippen LogP contribution in [0.5, 0.6) is 5.75 Å². The van der Waals surface area contributed by atoms with E-state index in [1.165, 1.54) is 36.3 Å². The number of hydrogen-bond acceptors (Lipinski definition) is 5. The summed E-state index contributed by atoms with van der Waals surface area (Å²) in [5, 5.41) is 2.45. The van der Waals surface area contributed by atoms with Crippen molar-refractivity contribution in [2.24, 2.45) is 0 Å². The average Bonchev–Trinajstić information content (AvgIpc) is 2.98. The van der Waals surface area contributed by atoms with Gasteiger partial charge < -0.3 is 15.0 Å². The van der Waals surface area contributed by atoms with Gasteiger partial charge in [-0.15, -0.1) is 0 Å². The van der Waals surface area contributed by atoms with Crippen LogP contribution in [0.3, 0.4) is 0 Å². The second-order valence-electron chi connectivity index (χ2n) is 9.58. The van der Waals surface area contributed by atoms with Crippen LogP contribution >= 0.6 is 11.6 Å². The lowest BCUT2D eigenvalue weighted by Crippen LogP contribution is -2.52. The van der Waals surface area contributed by atoms with Crippen molar-refractivity contribution in [2.75, 3.05) is 24.5 Å². The Bertz CT molecular complexity index is 1520. The molecule has 3 aromatic rings. The smallest absolute Gasteiger partial charge is 0.416 e. The zero-order valence-corrected chi connectivity index (χ0v) is 25.5. The number of carbonyl (C=O) groups excluding carboxylic acids is 2. The summed E-state index contributed by atoms with van der Waals surface area (Å²) in [7, 11) is -3.13. The molecule has 1 N–H and O–H groups in total. The van der Waals surface area contributed by atoms with Crippen LogP contribution in [0, 0.1) is 0 Å². The van der Waals surface area contributed by atoms with Crippen LogP contribution < -0.4 is 14.4 Å². The molecule has 43 heavy (non-hydrogen) atoms. The summed E-state index contributed by atoms with van der Waals surface area (Å²) >= 11 is 6.28. The highest BCUT2D eigenvalue weighted by molar-refractivity contribution is 7.92. The van der Waals surface area contributed by atoms with Gasteiger partial charge in [0.2, 0.25) is 11.8 Å². The minimum atomic E-state index is -4.81.